The zero-order valence-corrected chi connectivity index (χ0v) is 21.7. The van der Waals surface area contributed by atoms with E-state index in [1.54, 1.807) is 29.2 Å². The molecule has 1 aliphatic heterocycles. The van der Waals surface area contributed by atoms with Gasteiger partial charge in [0.25, 0.3) is 0 Å². The second-order valence-corrected chi connectivity index (χ2v) is 8.70. The molecule has 1 aliphatic rings. The third-order valence-corrected chi connectivity index (χ3v) is 6.01. The number of alkyl halides is 3. The summed E-state index contributed by atoms with van der Waals surface area (Å²) in [4.78, 5) is 39.4. The molecule has 3 heterocycles. The number of carbonyl (C=O) groups excluding carboxylic acids is 2. The van der Waals surface area contributed by atoms with E-state index in [0.717, 1.165) is 6.08 Å². The van der Waals surface area contributed by atoms with Crippen molar-refractivity contribution in [2.75, 3.05) is 54.1 Å². The molecule has 0 atom stereocenters. The van der Waals surface area contributed by atoms with Gasteiger partial charge in [0.15, 0.2) is 0 Å². The first kappa shape index (κ1) is 28.1. The highest BCUT2D eigenvalue weighted by Crippen LogP contribution is 2.36. The van der Waals surface area contributed by atoms with Crippen LogP contribution in [-0.4, -0.2) is 65.0 Å². The number of aromatic nitrogens is 3. The summed E-state index contributed by atoms with van der Waals surface area (Å²) in [5.74, 6) is -0.255. The number of pyridine rings is 1. The molecule has 3 N–H and O–H groups in total. The number of methoxy groups -OCH3 is 1. The normalized spacial score (nSPS) is 13.4. The average Bonchev–Trinajstić information content (AvgIpc) is 2.93. The Bertz CT molecular complexity index is 1410. The number of hydrogen-bond donors (Lipinski definition) is 3. The largest absolute Gasteiger partial charge is 0.479 e. The first-order valence-corrected chi connectivity index (χ1v) is 12.1. The summed E-state index contributed by atoms with van der Waals surface area (Å²) in [5.41, 5.74) is -0.128. The highest BCUT2D eigenvalue weighted by Gasteiger charge is 2.35. The Morgan fingerprint density at radius 1 is 1.05 bits per heavy atom. The molecule has 1 aromatic carbocycles. The molecule has 0 spiro atoms. The van der Waals surface area contributed by atoms with E-state index in [9.17, 15) is 22.8 Å². The molecule has 3 aromatic rings. The van der Waals surface area contributed by atoms with E-state index in [0.29, 0.717) is 49.6 Å². The maximum absolute atomic E-state index is 13.8. The van der Waals surface area contributed by atoms with E-state index in [1.807, 2.05) is 4.90 Å². The van der Waals surface area contributed by atoms with E-state index in [-0.39, 0.29) is 23.4 Å². The van der Waals surface area contributed by atoms with Gasteiger partial charge in [0.05, 0.1) is 7.11 Å². The van der Waals surface area contributed by atoms with Gasteiger partial charge in [-0.3, -0.25) is 9.59 Å². The number of benzene rings is 1. The lowest BCUT2D eigenvalue weighted by atomic mass is 10.2. The first-order valence-electron chi connectivity index (χ1n) is 12.1. The lowest BCUT2D eigenvalue weighted by Gasteiger charge is -2.35. The van der Waals surface area contributed by atoms with Crippen molar-refractivity contribution in [1.82, 2.24) is 19.9 Å². The predicted octanol–water partition coefficient (Wildman–Crippen LogP) is 4.18. The number of nitrogens with one attached hydrogen (secondary N) is 3. The number of ether oxygens (including phenoxy) is 1. The van der Waals surface area contributed by atoms with Crippen LogP contribution in [0.4, 0.5) is 47.8 Å². The van der Waals surface area contributed by atoms with Crippen molar-refractivity contribution in [3.8, 4) is 5.88 Å². The van der Waals surface area contributed by atoms with Gasteiger partial charge in [0.1, 0.15) is 22.9 Å². The minimum absolute atomic E-state index is 0.0160. The summed E-state index contributed by atoms with van der Waals surface area (Å²) in [6.45, 7) is 7.23. The Labute approximate surface area is 228 Å². The summed E-state index contributed by atoms with van der Waals surface area (Å²) in [7, 11) is 1.42. The summed E-state index contributed by atoms with van der Waals surface area (Å²) in [6.07, 6.45) is -2.99. The third-order valence-electron chi connectivity index (χ3n) is 6.01. The molecule has 4 rings (SSSR count). The van der Waals surface area contributed by atoms with Gasteiger partial charge in [-0.15, -0.1) is 0 Å². The molecular formula is C26H27F3N8O3. The van der Waals surface area contributed by atoms with Gasteiger partial charge >= 0.3 is 6.18 Å². The fourth-order valence-corrected chi connectivity index (χ4v) is 3.98. The maximum Gasteiger partial charge on any atom is 0.421 e. The highest BCUT2D eigenvalue weighted by atomic mass is 19.4. The minimum Gasteiger partial charge on any atom is -0.479 e. The topological polar surface area (TPSA) is 125 Å². The van der Waals surface area contributed by atoms with E-state index < -0.39 is 23.5 Å². The maximum atomic E-state index is 13.8. The Hall–Kier alpha value is -4.88. The Morgan fingerprint density at radius 2 is 1.77 bits per heavy atom. The average molecular weight is 557 g/mol. The van der Waals surface area contributed by atoms with Crippen molar-refractivity contribution in [3.63, 3.8) is 0 Å². The fourth-order valence-electron chi connectivity index (χ4n) is 3.98. The Balaban J connectivity index is 1.57. The summed E-state index contributed by atoms with van der Waals surface area (Å²) >= 11 is 0. The van der Waals surface area contributed by atoms with Gasteiger partial charge in [0, 0.05) is 50.7 Å². The van der Waals surface area contributed by atoms with Crippen LogP contribution >= 0.6 is 0 Å². The van der Waals surface area contributed by atoms with Crippen LogP contribution in [0.5, 0.6) is 5.88 Å². The lowest BCUT2D eigenvalue weighted by Crippen LogP contribution is -2.48. The number of piperazine rings is 1. The molecule has 40 heavy (non-hydrogen) atoms. The molecule has 0 aliphatic carbocycles. The van der Waals surface area contributed by atoms with Gasteiger partial charge in [-0.1, -0.05) is 12.6 Å². The number of amides is 2. The molecular weight excluding hydrogens is 529 g/mol. The molecule has 0 bridgehead atoms. The smallest absolute Gasteiger partial charge is 0.421 e. The van der Waals surface area contributed by atoms with Crippen molar-refractivity contribution in [2.45, 2.75) is 13.1 Å². The van der Waals surface area contributed by atoms with E-state index in [4.69, 9.17) is 4.74 Å². The van der Waals surface area contributed by atoms with Crippen molar-refractivity contribution < 1.29 is 27.5 Å². The van der Waals surface area contributed by atoms with Crippen molar-refractivity contribution in [3.05, 3.63) is 60.8 Å². The van der Waals surface area contributed by atoms with Crippen molar-refractivity contribution in [2.24, 2.45) is 0 Å². The van der Waals surface area contributed by atoms with Gasteiger partial charge in [-0.25, -0.2) is 4.98 Å². The van der Waals surface area contributed by atoms with E-state index in [2.05, 4.69) is 37.5 Å². The number of halogens is 3. The molecule has 2 aromatic heterocycles. The molecule has 0 radical (unpaired) electrons. The molecule has 1 saturated heterocycles. The molecule has 11 nitrogen and oxygen atoms in total. The minimum atomic E-state index is -4.73. The zero-order valence-electron chi connectivity index (χ0n) is 21.7. The molecule has 210 valence electrons. The van der Waals surface area contributed by atoms with Gasteiger partial charge in [-0.2, -0.15) is 23.1 Å². The van der Waals surface area contributed by atoms with Crippen LogP contribution in [0.15, 0.2) is 55.3 Å². The fraction of sp³-hybridized carbons (Fsp3) is 0.269. The van der Waals surface area contributed by atoms with Crippen LogP contribution in [0.2, 0.25) is 0 Å². The SMILES string of the molecule is C=CC(=O)Nc1cccc(Nc2nc(Nc3ccc(N4CCN(C(C)=O)CC4)nc3OC)ncc2C(F)(F)F)c1. The van der Waals surface area contributed by atoms with Crippen LogP contribution < -0.4 is 25.6 Å². The van der Waals surface area contributed by atoms with Crippen molar-refractivity contribution >= 4 is 46.5 Å². The van der Waals surface area contributed by atoms with Crippen LogP contribution in [0, 0.1) is 0 Å². The van der Waals surface area contributed by atoms with Gasteiger partial charge in [0.2, 0.25) is 23.6 Å². The van der Waals surface area contributed by atoms with Crippen molar-refractivity contribution in [1.29, 1.82) is 0 Å². The van der Waals surface area contributed by atoms with Gasteiger partial charge < -0.3 is 30.5 Å². The molecule has 14 heteroatoms. The van der Waals surface area contributed by atoms with Crippen LogP contribution in [0.25, 0.3) is 0 Å². The molecule has 1 fully saturated rings. The third kappa shape index (κ3) is 6.76. The van der Waals surface area contributed by atoms with E-state index in [1.165, 1.54) is 26.2 Å². The zero-order chi connectivity index (χ0) is 28.9. The quantitative estimate of drug-likeness (QED) is 0.351. The van der Waals surface area contributed by atoms with Gasteiger partial charge in [-0.05, 0) is 36.4 Å². The number of anilines is 6. The lowest BCUT2D eigenvalue weighted by molar-refractivity contribution is -0.137. The second-order valence-electron chi connectivity index (χ2n) is 8.70. The van der Waals surface area contributed by atoms with E-state index >= 15 is 0 Å². The Morgan fingerprint density at radius 3 is 2.42 bits per heavy atom. The Kier molecular flexibility index (Phi) is 8.36. The second kappa shape index (κ2) is 11.9. The summed E-state index contributed by atoms with van der Waals surface area (Å²) in [5, 5.41) is 8.08. The van der Waals surface area contributed by atoms with Crippen LogP contribution in [0.3, 0.4) is 0 Å². The molecule has 0 saturated carbocycles. The van der Waals surface area contributed by atoms with Crippen LogP contribution in [-0.2, 0) is 15.8 Å². The number of hydrogen-bond acceptors (Lipinski definition) is 9. The first-order chi connectivity index (χ1) is 19.1. The monoisotopic (exact) mass is 556 g/mol. The summed E-state index contributed by atoms with van der Waals surface area (Å²) < 4.78 is 46.7. The van der Waals surface area contributed by atoms with Crippen LogP contribution in [0.1, 0.15) is 12.5 Å². The number of carbonyl (C=O) groups is 2. The highest BCUT2D eigenvalue weighted by molar-refractivity contribution is 5.99. The predicted molar refractivity (Wildman–Crippen MR) is 144 cm³/mol. The summed E-state index contributed by atoms with van der Waals surface area (Å²) in [6, 6.07) is 9.53. The number of nitrogens with zero attached hydrogens (tertiary/aromatic N) is 5. The molecule has 2 amide bonds. The molecule has 0 unspecified atom stereocenters. The standard InChI is InChI=1S/C26H27F3N8O3/c1-4-22(39)31-17-6-5-7-18(14-17)32-23-19(26(27,28)29)15-30-25(35-23)33-20-8-9-21(34-24(20)40-3)37-12-10-36(11-13-37)16(2)38/h4-9,14-15H,1,10-13H2,2-3H3,(H,31,39)(H2,30,32,33,35). The number of rotatable bonds is 8.